The number of benzene rings is 1. The Morgan fingerprint density at radius 3 is 2.59 bits per heavy atom. The fourth-order valence-electron chi connectivity index (χ4n) is 1.78. The third kappa shape index (κ3) is 1.86. The van der Waals surface area contributed by atoms with Crippen LogP contribution in [0.4, 0.5) is 17.6 Å². The maximum Gasteiger partial charge on any atom is 0.416 e. The number of halogens is 5. The molecule has 0 fully saturated rings. The van der Waals surface area contributed by atoms with Crippen molar-refractivity contribution in [1.82, 2.24) is 5.32 Å². The third-order valence-corrected chi connectivity index (χ3v) is 2.84. The van der Waals surface area contributed by atoms with Crippen LogP contribution in [0.2, 0.25) is 0 Å². The average Bonchev–Trinajstić information content (AvgIpc) is 2.60. The van der Waals surface area contributed by atoms with Crippen LogP contribution < -0.4 is 5.32 Å². The van der Waals surface area contributed by atoms with Crippen LogP contribution in [0, 0.1) is 5.82 Å². The van der Waals surface area contributed by atoms with Crippen molar-refractivity contribution in [3.63, 3.8) is 0 Å². The number of hydrogen-bond donors (Lipinski definition) is 1. The summed E-state index contributed by atoms with van der Waals surface area (Å²) in [5.41, 5.74) is -2.23. The molecule has 0 aliphatic carbocycles. The van der Waals surface area contributed by atoms with Crippen LogP contribution in [0.25, 0.3) is 0 Å². The topological polar surface area (TPSA) is 29.1 Å². The van der Waals surface area contributed by atoms with Crippen molar-refractivity contribution in [2.24, 2.45) is 0 Å². The second kappa shape index (κ2) is 3.87. The van der Waals surface area contributed by atoms with Crippen LogP contribution in [0.3, 0.4) is 0 Å². The predicted molar refractivity (Wildman–Crippen MR) is 52.1 cm³/mol. The molecule has 1 amide bonds. The lowest BCUT2D eigenvalue weighted by atomic mass is 9.98. The van der Waals surface area contributed by atoms with E-state index in [1.807, 2.05) is 0 Å². The Balaban J connectivity index is 2.75. The Labute approximate surface area is 98.6 Å². The summed E-state index contributed by atoms with van der Waals surface area (Å²) in [6.07, 6.45) is -4.63. The van der Waals surface area contributed by atoms with E-state index in [4.69, 9.17) is 11.6 Å². The summed E-state index contributed by atoms with van der Waals surface area (Å²) in [6.45, 7) is -0.317. The Morgan fingerprint density at radius 1 is 1.41 bits per heavy atom. The van der Waals surface area contributed by atoms with Crippen molar-refractivity contribution < 1.29 is 22.4 Å². The van der Waals surface area contributed by atoms with Crippen molar-refractivity contribution in [2.45, 2.75) is 18.6 Å². The molecule has 0 bridgehead atoms. The van der Waals surface area contributed by atoms with Crippen molar-refractivity contribution >= 4 is 17.5 Å². The van der Waals surface area contributed by atoms with E-state index < -0.39 is 34.9 Å². The third-order valence-electron chi connectivity index (χ3n) is 2.55. The van der Waals surface area contributed by atoms with Crippen LogP contribution in [0.5, 0.6) is 0 Å². The molecule has 0 saturated carbocycles. The minimum Gasteiger partial charge on any atom is -0.348 e. The highest BCUT2D eigenvalue weighted by Gasteiger charge is 2.39. The number of carbonyl (C=O) groups is 1. The highest BCUT2D eigenvalue weighted by Crippen LogP contribution is 2.37. The van der Waals surface area contributed by atoms with Gasteiger partial charge >= 0.3 is 6.18 Å². The lowest BCUT2D eigenvalue weighted by Gasteiger charge is -2.13. The van der Waals surface area contributed by atoms with Gasteiger partial charge < -0.3 is 5.32 Å². The minimum absolute atomic E-state index is 0.317. The highest BCUT2D eigenvalue weighted by molar-refractivity contribution is 6.17. The molecule has 1 heterocycles. The number of carbonyl (C=O) groups excluding carboxylic acids is 1. The van der Waals surface area contributed by atoms with Crippen molar-refractivity contribution in [2.75, 3.05) is 0 Å². The van der Waals surface area contributed by atoms with Crippen LogP contribution in [-0.2, 0) is 18.6 Å². The molecule has 92 valence electrons. The first-order valence-electron chi connectivity index (χ1n) is 4.62. The lowest BCUT2D eigenvalue weighted by Crippen LogP contribution is -2.14. The molecule has 1 aromatic rings. The van der Waals surface area contributed by atoms with E-state index in [2.05, 4.69) is 5.32 Å². The van der Waals surface area contributed by atoms with Gasteiger partial charge in [0.1, 0.15) is 5.82 Å². The summed E-state index contributed by atoms with van der Waals surface area (Å²) in [4.78, 5) is 11.3. The van der Waals surface area contributed by atoms with E-state index in [1.54, 1.807) is 0 Å². The Hall–Kier alpha value is -1.30. The Kier molecular flexibility index (Phi) is 2.77. The van der Waals surface area contributed by atoms with Gasteiger partial charge in [-0.15, -0.1) is 11.6 Å². The van der Waals surface area contributed by atoms with E-state index in [9.17, 15) is 22.4 Å². The van der Waals surface area contributed by atoms with Crippen molar-refractivity contribution in [3.8, 4) is 0 Å². The van der Waals surface area contributed by atoms with Crippen molar-refractivity contribution in [1.29, 1.82) is 0 Å². The van der Waals surface area contributed by atoms with Crippen LogP contribution in [0.1, 0.15) is 27.0 Å². The van der Waals surface area contributed by atoms with E-state index >= 15 is 0 Å². The number of fused-ring (bicyclic) bond motifs is 1. The number of amides is 1. The zero-order chi connectivity index (χ0) is 12.8. The number of rotatable bonds is 1. The molecule has 0 spiro atoms. The molecule has 0 unspecified atom stereocenters. The first kappa shape index (κ1) is 12.2. The molecule has 1 aliphatic heterocycles. The van der Waals surface area contributed by atoms with Gasteiger partial charge in [0.2, 0.25) is 0 Å². The maximum atomic E-state index is 13.7. The van der Waals surface area contributed by atoms with Gasteiger partial charge in [0, 0.05) is 12.1 Å². The van der Waals surface area contributed by atoms with E-state index in [0.29, 0.717) is 6.07 Å². The minimum atomic E-state index is -4.63. The van der Waals surface area contributed by atoms with Gasteiger partial charge in [0.15, 0.2) is 0 Å². The summed E-state index contributed by atoms with van der Waals surface area (Å²) < 4.78 is 51.8. The van der Waals surface area contributed by atoms with Gasteiger partial charge in [-0.2, -0.15) is 13.2 Å². The largest absolute Gasteiger partial charge is 0.416 e. The Bertz CT molecular complexity index is 498. The first-order valence-corrected chi connectivity index (χ1v) is 5.15. The second-order valence-electron chi connectivity index (χ2n) is 3.56. The average molecular weight is 268 g/mol. The SMILES string of the molecule is O=C1NCc2c(C(F)(F)F)cc(CCl)c(F)c21. The first-order chi connectivity index (χ1) is 7.86. The summed E-state index contributed by atoms with van der Waals surface area (Å²) in [7, 11) is 0. The monoisotopic (exact) mass is 267 g/mol. The molecule has 0 aromatic heterocycles. The van der Waals surface area contributed by atoms with Crippen LogP contribution in [0.15, 0.2) is 6.07 Å². The predicted octanol–water partition coefficient (Wildman–Crippen LogP) is 2.83. The fourth-order valence-corrected chi connectivity index (χ4v) is 1.97. The van der Waals surface area contributed by atoms with Crippen molar-refractivity contribution in [3.05, 3.63) is 34.1 Å². The van der Waals surface area contributed by atoms with Gasteiger partial charge in [0.25, 0.3) is 5.91 Å². The standard InChI is InChI=1S/C10H6ClF4NO/c11-2-4-1-6(10(13,14)15)5-3-16-9(17)7(5)8(4)12/h1H,2-3H2,(H,16,17). The molecule has 1 N–H and O–H groups in total. The van der Waals surface area contributed by atoms with Crippen LogP contribution >= 0.6 is 11.6 Å². The lowest BCUT2D eigenvalue weighted by molar-refractivity contribution is -0.138. The van der Waals surface area contributed by atoms with E-state index in [-0.39, 0.29) is 17.7 Å². The van der Waals surface area contributed by atoms with Gasteiger partial charge in [0.05, 0.1) is 17.0 Å². The summed E-state index contributed by atoms with van der Waals surface area (Å²) in [5.74, 6) is -2.23. The quantitative estimate of drug-likeness (QED) is 0.615. The number of nitrogens with one attached hydrogen (secondary N) is 1. The zero-order valence-electron chi connectivity index (χ0n) is 8.29. The number of alkyl halides is 4. The molecule has 7 heteroatoms. The van der Waals surface area contributed by atoms with E-state index in [0.717, 1.165) is 0 Å². The fraction of sp³-hybridized carbons (Fsp3) is 0.300. The molecule has 2 rings (SSSR count). The van der Waals surface area contributed by atoms with Gasteiger partial charge in [-0.05, 0) is 11.6 Å². The molecular formula is C10H6ClF4NO. The maximum absolute atomic E-state index is 13.7. The highest BCUT2D eigenvalue weighted by atomic mass is 35.5. The molecule has 0 atom stereocenters. The summed E-state index contributed by atoms with van der Waals surface area (Å²) in [6, 6.07) is 0.654. The zero-order valence-corrected chi connectivity index (χ0v) is 9.05. The number of hydrogen-bond acceptors (Lipinski definition) is 1. The molecule has 0 saturated heterocycles. The normalized spacial score (nSPS) is 14.8. The summed E-state index contributed by atoms with van der Waals surface area (Å²) >= 11 is 5.36. The van der Waals surface area contributed by atoms with Crippen LogP contribution in [-0.4, -0.2) is 5.91 Å². The molecule has 2 nitrogen and oxygen atoms in total. The molecule has 0 radical (unpaired) electrons. The molecular weight excluding hydrogens is 262 g/mol. The smallest absolute Gasteiger partial charge is 0.348 e. The molecule has 1 aliphatic rings. The molecule has 1 aromatic carbocycles. The van der Waals surface area contributed by atoms with Gasteiger partial charge in [-0.1, -0.05) is 0 Å². The molecule has 17 heavy (non-hydrogen) atoms. The Morgan fingerprint density at radius 2 is 2.06 bits per heavy atom. The second-order valence-corrected chi connectivity index (χ2v) is 3.83. The summed E-state index contributed by atoms with van der Waals surface area (Å²) in [5, 5.41) is 2.17. The van der Waals surface area contributed by atoms with Gasteiger partial charge in [-0.3, -0.25) is 4.79 Å². The van der Waals surface area contributed by atoms with E-state index in [1.165, 1.54) is 0 Å². The van der Waals surface area contributed by atoms with Gasteiger partial charge in [-0.25, -0.2) is 4.39 Å².